The molecular weight excluding hydrogens is 296 g/mol. The molecule has 3 rings (SSSR count). The van der Waals surface area contributed by atoms with Gasteiger partial charge in [0, 0.05) is 36.6 Å². The largest absolute Gasteiger partial charge is 0.497 e. The van der Waals surface area contributed by atoms with Gasteiger partial charge in [0.25, 0.3) is 0 Å². The Balaban J connectivity index is 1.69. The first-order chi connectivity index (χ1) is 11.1. The molecule has 0 radical (unpaired) electrons. The number of carbonyl (C=O) groups excluding carboxylic acids is 2. The summed E-state index contributed by atoms with van der Waals surface area (Å²) in [6, 6.07) is 5.88. The van der Waals surface area contributed by atoms with Crippen molar-refractivity contribution in [1.82, 2.24) is 9.88 Å². The van der Waals surface area contributed by atoms with Crippen molar-refractivity contribution in [2.24, 2.45) is 5.92 Å². The number of fused-ring (bicyclic) bond motifs is 1. The summed E-state index contributed by atoms with van der Waals surface area (Å²) in [5.41, 5.74) is 2.18. The molecule has 6 heteroatoms. The number of carbonyl (C=O) groups is 2. The van der Waals surface area contributed by atoms with E-state index < -0.39 is 0 Å². The van der Waals surface area contributed by atoms with Crippen LogP contribution in [0.15, 0.2) is 24.4 Å². The van der Waals surface area contributed by atoms with E-state index in [9.17, 15) is 9.59 Å². The fourth-order valence-electron chi connectivity index (χ4n) is 3.06. The molecule has 1 aliphatic heterocycles. The van der Waals surface area contributed by atoms with E-state index in [2.05, 4.69) is 4.98 Å². The van der Waals surface area contributed by atoms with Crippen LogP contribution in [-0.2, 0) is 20.7 Å². The van der Waals surface area contributed by atoms with Gasteiger partial charge in [-0.15, -0.1) is 0 Å². The minimum absolute atomic E-state index is 0.0119. The second-order valence-corrected chi connectivity index (χ2v) is 5.74. The fraction of sp³-hybridized carbons (Fsp3) is 0.412. The summed E-state index contributed by atoms with van der Waals surface area (Å²) in [5, 5.41) is 1.10. The molecule has 1 aromatic heterocycles. The molecule has 1 unspecified atom stereocenters. The zero-order valence-electron chi connectivity index (χ0n) is 13.3. The minimum atomic E-state index is -0.337. The van der Waals surface area contributed by atoms with E-state index in [0.717, 1.165) is 28.6 Å². The Morgan fingerprint density at radius 2 is 2.22 bits per heavy atom. The van der Waals surface area contributed by atoms with E-state index in [-0.39, 0.29) is 24.2 Å². The number of esters is 1. The summed E-state index contributed by atoms with van der Waals surface area (Å²) in [4.78, 5) is 28.5. The quantitative estimate of drug-likeness (QED) is 0.853. The average molecular weight is 316 g/mol. The molecule has 1 saturated heterocycles. The topological polar surface area (TPSA) is 71.6 Å². The van der Waals surface area contributed by atoms with E-state index in [1.165, 1.54) is 7.11 Å². The lowest BCUT2D eigenvalue weighted by atomic mass is 10.1. The summed E-state index contributed by atoms with van der Waals surface area (Å²) in [7, 11) is 3.00. The number of nitrogens with zero attached hydrogens (tertiary/aromatic N) is 1. The lowest BCUT2D eigenvalue weighted by Gasteiger charge is -2.15. The summed E-state index contributed by atoms with van der Waals surface area (Å²) in [5.74, 6) is 0.174. The van der Waals surface area contributed by atoms with Gasteiger partial charge in [0.15, 0.2) is 0 Å². The monoisotopic (exact) mass is 316 g/mol. The Kier molecular flexibility index (Phi) is 4.23. The molecule has 0 bridgehead atoms. The smallest absolute Gasteiger partial charge is 0.310 e. The van der Waals surface area contributed by atoms with Gasteiger partial charge in [-0.1, -0.05) is 0 Å². The van der Waals surface area contributed by atoms with Crippen molar-refractivity contribution >= 4 is 22.8 Å². The molecule has 23 heavy (non-hydrogen) atoms. The molecule has 1 N–H and O–H groups in total. The number of nitrogens with one attached hydrogen (secondary N) is 1. The standard InChI is InChI=1S/C17H20N2O4/c1-22-13-3-4-15-14(8-13)11(9-18-15)5-6-19-10-12(7-16(19)20)17(21)23-2/h3-4,8-9,12,18H,5-7,10H2,1-2H3. The Morgan fingerprint density at radius 3 is 2.96 bits per heavy atom. The molecule has 122 valence electrons. The van der Waals surface area contributed by atoms with Gasteiger partial charge in [-0.25, -0.2) is 0 Å². The maximum Gasteiger partial charge on any atom is 0.310 e. The Bertz CT molecular complexity index is 737. The summed E-state index contributed by atoms with van der Waals surface area (Å²) in [6.07, 6.45) is 2.93. The van der Waals surface area contributed by atoms with Crippen LogP contribution in [0.1, 0.15) is 12.0 Å². The van der Waals surface area contributed by atoms with Crippen LogP contribution in [0.25, 0.3) is 10.9 Å². The maximum absolute atomic E-state index is 12.0. The summed E-state index contributed by atoms with van der Waals surface area (Å²) >= 11 is 0. The lowest BCUT2D eigenvalue weighted by Crippen LogP contribution is -2.28. The molecule has 1 atom stereocenters. The van der Waals surface area contributed by atoms with Crippen LogP contribution in [0.3, 0.4) is 0 Å². The number of hydrogen-bond acceptors (Lipinski definition) is 4. The number of benzene rings is 1. The summed E-state index contributed by atoms with van der Waals surface area (Å²) < 4.78 is 9.99. The Labute approximate surface area is 134 Å². The number of likely N-dealkylation sites (tertiary alicyclic amines) is 1. The molecule has 6 nitrogen and oxygen atoms in total. The van der Waals surface area contributed by atoms with Crippen molar-refractivity contribution in [1.29, 1.82) is 0 Å². The second kappa shape index (κ2) is 6.32. The fourth-order valence-corrected chi connectivity index (χ4v) is 3.06. The van der Waals surface area contributed by atoms with Crippen LogP contribution in [0.4, 0.5) is 0 Å². The summed E-state index contributed by atoms with van der Waals surface area (Å²) in [6.45, 7) is 1.04. The second-order valence-electron chi connectivity index (χ2n) is 5.74. The predicted molar refractivity (Wildman–Crippen MR) is 85.3 cm³/mol. The number of amides is 1. The highest BCUT2D eigenvalue weighted by Crippen LogP contribution is 2.25. The third-order valence-corrected chi connectivity index (χ3v) is 4.37. The maximum atomic E-state index is 12.0. The van der Waals surface area contributed by atoms with E-state index in [1.54, 1.807) is 12.0 Å². The molecule has 1 aliphatic rings. The van der Waals surface area contributed by atoms with Gasteiger partial charge in [0.1, 0.15) is 5.75 Å². The number of methoxy groups -OCH3 is 2. The molecular formula is C17H20N2O4. The SMILES string of the molecule is COC(=O)C1CC(=O)N(CCc2c[nH]c3ccc(OC)cc23)C1. The van der Waals surface area contributed by atoms with Crippen molar-refractivity contribution in [2.45, 2.75) is 12.8 Å². The molecule has 2 heterocycles. The minimum Gasteiger partial charge on any atom is -0.497 e. The van der Waals surface area contributed by atoms with Crippen molar-refractivity contribution < 1.29 is 19.1 Å². The van der Waals surface area contributed by atoms with Gasteiger partial charge >= 0.3 is 5.97 Å². The zero-order valence-corrected chi connectivity index (χ0v) is 13.3. The molecule has 1 fully saturated rings. The van der Waals surface area contributed by atoms with E-state index >= 15 is 0 Å². The highest BCUT2D eigenvalue weighted by Gasteiger charge is 2.34. The lowest BCUT2D eigenvalue weighted by molar-refractivity contribution is -0.145. The van der Waals surface area contributed by atoms with Gasteiger partial charge < -0.3 is 19.4 Å². The molecule has 1 aromatic carbocycles. The number of rotatable bonds is 5. The van der Waals surface area contributed by atoms with Crippen LogP contribution in [0.2, 0.25) is 0 Å². The first kappa shape index (κ1) is 15.4. The van der Waals surface area contributed by atoms with Gasteiger partial charge in [0.05, 0.1) is 20.1 Å². The van der Waals surface area contributed by atoms with Crippen molar-refractivity contribution in [2.75, 3.05) is 27.3 Å². The number of ether oxygens (including phenoxy) is 2. The first-order valence-electron chi connectivity index (χ1n) is 7.62. The van der Waals surface area contributed by atoms with Crippen molar-refractivity contribution in [3.8, 4) is 5.75 Å². The Morgan fingerprint density at radius 1 is 1.39 bits per heavy atom. The molecule has 0 saturated carbocycles. The van der Waals surface area contributed by atoms with Crippen LogP contribution >= 0.6 is 0 Å². The highest BCUT2D eigenvalue weighted by atomic mass is 16.5. The van der Waals surface area contributed by atoms with Gasteiger partial charge in [0.2, 0.25) is 5.91 Å². The highest BCUT2D eigenvalue weighted by molar-refractivity contribution is 5.87. The van der Waals surface area contributed by atoms with Crippen LogP contribution in [0, 0.1) is 5.92 Å². The van der Waals surface area contributed by atoms with E-state index in [0.29, 0.717) is 13.1 Å². The van der Waals surface area contributed by atoms with Crippen molar-refractivity contribution in [3.05, 3.63) is 30.0 Å². The first-order valence-corrected chi connectivity index (χ1v) is 7.62. The van der Waals surface area contributed by atoms with Crippen molar-refractivity contribution in [3.63, 3.8) is 0 Å². The van der Waals surface area contributed by atoms with E-state index in [1.807, 2.05) is 24.4 Å². The average Bonchev–Trinajstić information content (AvgIpc) is 3.15. The molecule has 1 amide bonds. The number of aromatic amines is 1. The number of hydrogen-bond donors (Lipinski definition) is 1. The van der Waals surface area contributed by atoms with Gasteiger partial charge in [-0.2, -0.15) is 0 Å². The number of H-pyrrole nitrogens is 1. The molecule has 2 aromatic rings. The van der Waals surface area contributed by atoms with Gasteiger partial charge in [-0.05, 0) is 30.2 Å². The zero-order chi connectivity index (χ0) is 16.4. The van der Waals surface area contributed by atoms with Crippen LogP contribution in [-0.4, -0.2) is 49.1 Å². The predicted octanol–water partition coefficient (Wildman–Crippen LogP) is 1.74. The third kappa shape index (κ3) is 3.02. The normalized spacial score (nSPS) is 17.7. The Hall–Kier alpha value is -2.50. The third-order valence-electron chi connectivity index (χ3n) is 4.37. The molecule has 0 spiro atoms. The van der Waals surface area contributed by atoms with Crippen LogP contribution < -0.4 is 4.74 Å². The molecule has 0 aliphatic carbocycles. The van der Waals surface area contributed by atoms with E-state index in [4.69, 9.17) is 9.47 Å². The van der Waals surface area contributed by atoms with Crippen LogP contribution in [0.5, 0.6) is 5.75 Å². The number of aromatic nitrogens is 1. The van der Waals surface area contributed by atoms with Gasteiger partial charge in [-0.3, -0.25) is 9.59 Å².